The molecule has 5 aromatic carbocycles. The van der Waals surface area contributed by atoms with Crippen molar-refractivity contribution in [3.63, 3.8) is 0 Å². The highest BCUT2D eigenvalue weighted by Crippen LogP contribution is 2.29. The minimum Gasteiger partial charge on any atom is -0.422 e. The van der Waals surface area contributed by atoms with Crippen LogP contribution in [0.4, 0.5) is 11.4 Å². The lowest BCUT2D eigenvalue weighted by Gasteiger charge is -2.26. The Morgan fingerprint density at radius 1 is 0.441 bits per heavy atom. The molecule has 0 aromatic heterocycles. The minimum absolute atomic E-state index is 0.682. The van der Waals surface area contributed by atoms with Crippen molar-refractivity contribution < 1.29 is 9.78 Å². The Hall–Kier alpha value is -4.12. The molecule has 5 rings (SSSR count). The van der Waals surface area contributed by atoms with Crippen LogP contribution in [0.2, 0.25) is 0 Å². The third-order valence-electron chi connectivity index (χ3n) is 5.71. The van der Waals surface area contributed by atoms with Crippen LogP contribution in [0, 0.1) is 0 Å². The van der Waals surface area contributed by atoms with Crippen molar-refractivity contribution in [3.05, 3.63) is 140 Å². The molecule has 0 heterocycles. The summed E-state index contributed by atoms with van der Waals surface area (Å²) < 4.78 is 6.09. The molecular formula is C30H24BNO2. The summed E-state index contributed by atoms with van der Waals surface area (Å²) >= 11 is 0. The van der Waals surface area contributed by atoms with E-state index in [1.165, 1.54) is 0 Å². The molecule has 0 aliphatic carbocycles. The second-order valence-electron chi connectivity index (χ2n) is 7.99. The second-order valence-corrected chi connectivity index (χ2v) is 7.99. The summed E-state index contributed by atoms with van der Waals surface area (Å²) in [4.78, 5) is 0. The molecule has 0 bridgehead atoms. The van der Waals surface area contributed by atoms with Crippen LogP contribution in [0.25, 0.3) is 22.3 Å². The second kappa shape index (κ2) is 10.2. The molecule has 0 saturated carbocycles. The molecule has 0 radical (unpaired) electrons. The largest absolute Gasteiger partial charge is 0.515 e. The predicted molar refractivity (Wildman–Crippen MR) is 141 cm³/mol. The van der Waals surface area contributed by atoms with E-state index in [1.807, 2.05) is 103 Å². The standard InChI is InChI=1S/C30H24BNO2/c33-31(28-20-16-26(17-21-28)24-10-4-1-5-11-24)34-32(29-14-8-3-9-15-29)30-22-18-27(19-23-30)25-12-6-2-7-13-25/h1-23,33H. The van der Waals surface area contributed by atoms with Crippen molar-refractivity contribution in [2.45, 2.75) is 0 Å². The Labute approximate surface area is 200 Å². The van der Waals surface area contributed by atoms with Crippen molar-refractivity contribution in [3.8, 4) is 22.3 Å². The van der Waals surface area contributed by atoms with Crippen LogP contribution in [0.1, 0.15) is 0 Å². The van der Waals surface area contributed by atoms with E-state index >= 15 is 0 Å². The maximum absolute atomic E-state index is 10.9. The van der Waals surface area contributed by atoms with Gasteiger partial charge in [0.15, 0.2) is 0 Å². The Morgan fingerprint density at radius 3 is 1.32 bits per heavy atom. The summed E-state index contributed by atoms with van der Waals surface area (Å²) in [5.74, 6) is 0. The van der Waals surface area contributed by atoms with Crippen molar-refractivity contribution in [2.24, 2.45) is 0 Å². The number of para-hydroxylation sites is 1. The fraction of sp³-hybridized carbons (Fsp3) is 0. The molecule has 0 atom stereocenters. The maximum atomic E-state index is 10.9. The predicted octanol–water partition coefficient (Wildman–Crippen LogP) is 6.48. The zero-order chi connectivity index (χ0) is 23.2. The topological polar surface area (TPSA) is 32.7 Å². The molecule has 164 valence electrons. The van der Waals surface area contributed by atoms with Gasteiger partial charge < -0.3 is 5.02 Å². The van der Waals surface area contributed by atoms with Crippen molar-refractivity contribution in [1.82, 2.24) is 0 Å². The van der Waals surface area contributed by atoms with Crippen LogP contribution < -0.4 is 10.5 Å². The van der Waals surface area contributed by atoms with Crippen molar-refractivity contribution in [1.29, 1.82) is 0 Å². The van der Waals surface area contributed by atoms with E-state index in [4.69, 9.17) is 4.76 Å². The van der Waals surface area contributed by atoms with E-state index in [-0.39, 0.29) is 0 Å². The number of hydrogen-bond acceptors (Lipinski definition) is 3. The monoisotopic (exact) mass is 441 g/mol. The number of nitrogens with zero attached hydrogens (tertiary/aromatic N) is 1. The van der Waals surface area contributed by atoms with Crippen LogP contribution in [-0.4, -0.2) is 12.1 Å². The van der Waals surface area contributed by atoms with Gasteiger partial charge in [-0.15, -0.1) is 0 Å². The lowest BCUT2D eigenvalue weighted by atomic mass is 9.79. The van der Waals surface area contributed by atoms with E-state index < -0.39 is 7.12 Å². The third kappa shape index (κ3) is 4.94. The van der Waals surface area contributed by atoms with Crippen LogP contribution in [0.5, 0.6) is 0 Å². The summed E-state index contributed by atoms with van der Waals surface area (Å²) in [6.45, 7) is 0. The molecule has 0 saturated heterocycles. The number of hydrogen-bond donors (Lipinski definition) is 1. The molecular weight excluding hydrogens is 417 g/mol. The molecule has 0 aliphatic heterocycles. The van der Waals surface area contributed by atoms with Gasteiger partial charge in [-0.3, -0.25) is 4.76 Å². The first-order valence-corrected chi connectivity index (χ1v) is 11.3. The summed E-state index contributed by atoms with van der Waals surface area (Å²) in [5, 5.41) is 12.6. The third-order valence-corrected chi connectivity index (χ3v) is 5.71. The molecule has 0 fully saturated rings. The molecule has 34 heavy (non-hydrogen) atoms. The zero-order valence-corrected chi connectivity index (χ0v) is 18.7. The van der Waals surface area contributed by atoms with Gasteiger partial charge in [0.1, 0.15) is 0 Å². The fourth-order valence-electron chi connectivity index (χ4n) is 3.89. The summed E-state index contributed by atoms with van der Waals surface area (Å²) in [7, 11) is -1.13. The van der Waals surface area contributed by atoms with Crippen molar-refractivity contribution >= 4 is 24.0 Å². The molecule has 0 aliphatic rings. The van der Waals surface area contributed by atoms with Crippen LogP contribution in [0.3, 0.4) is 0 Å². The molecule has 3 nitrogen and oxygen atoms in total. The van der Waals surface area contributed by atoms with E-state index in [1.54, 1.807) is 5.06 Å². The maximum Gasteiger partial charge on any atom is 0.515 e. The van der Waals surface area contributed by atoms with Gasteiger partial charge >= 0.3 is 7.12 Å². The molecule has 1 N–H and O–H groups in total. The number of anilines is 2. The summed E-state index contributed by atoms with van der Waals surface area (Å²) in [6.07, 6.45) is 0. The van der Waals surface area contributed by atoms with Gasteiger partial charge in [-0.1, -0.05) is 115 Å². The van der Waals surface area contributed by atoms with Crippen molar-refractivity contribution in [2.75, 3.05) is 5.06 Å². The van der Waals surface area contributed by atoms with Gasteiger partial charge in [-0.05, 0) is 52.0 Å². The average molecular weight is 441 g/mol. The minimum atomic E-state index is -1.13. The van der Waals surface area contributed by atoms with E-state index in [2.05, 4.69) is 36.4 Å². The zero-order valence-electron chi connectivity index (χ0n) is 18.7. The molecule has 0 spiro atoms. The first-order chi connectivity index (χ1) is 16.8. The van der Waals surface area contributed by atoms with Gasteiger partial charge in [0.05, 0.1) is 11.4 Å². The van der Waals surface area contributed by atoms with Gasteiger partial charge in [-0.2, -0.15) is 0 Å². The average Bonchev–Trinajstić information content (AvgIpc) is 2.93. The summed E-state index contributed by atoms with van der Waals surface area (Å²) in [6, 6.07) is 46.1. The highest BCUT2D eigenvalue weighted by Gasteiger charge is 2.23. The Kier molecular flexibility index (Phi) is 6.53. The number of benzene rings is 5. The highest BCUT2D eigenvalue weighted by atomic mass is 16.7. The van der Waals surface area contributed by atoms with Gasteiger partial charge in [0, 0.05) is 0 Å². The first kappa shape index (κ1) is 21.7. The molecule has 5 aromatic rings. The normalized spacial score (nSPS) is 10.6. The number of rotatable bonds is 7. The highest BCUT2D eigenvalue weighted by molar-refractivity contribution is 6.60. The van der Waals surface area contributed by atoms with Crippen LogP contribution in [-0.2, 0) is 4.76 Å². The van der Waals surface area contributed by atoms with Gasteiger partial charge in [-0.25, -0.2) is 5.06 Å². The summed E-state index contributed by atoms with van der Waals surface area (Å²) in [5.41, 5.74) is 6.83. The van der Waals surface area contributed by atoms with Crippen LogP contribution >= 0.6 is 0 Å². The van der Waals surface area contributed by atoms with Crippen LogP contribution in [0.15, 0.2) is 140 Å². The van der Waals surface area contributed by atoms with Gasteiger partial charge in [0.2, 0.25) is 0 Å². The van der Waals surface area contributed by atoms with E-state index in [0.29, 0.717) is 5.46 Å². The fourth-order valence-corrected chi connectivity index (χ4v) is 3.89. The Balaban J connectivity index is 1.39. The van der Waals surface area contributed by atoms with E-state index in [0.717, 1.165) is 33.6 Å². The molecule has 0 amide bonds. The van der Waals surface area contributed by atoms with E-state index in [9.17, 15) is 5.02 Å². The Morgan fingerprint density at radius 2 is 0.824 bits per heavy atom. The lowest BCUT2D eigenvalue weighted by Crippen LogP contribution is -2.39. The molecule has 0 unspecified atom stereocenters. The lowest BCUT2D eigenvalue weighted by molar-refractivity contribution is 0.274. The molecule has 4 heteroatoms. The quantitative estimate of drug-likeness (QED) is 0.232. The first-order valence-electron chi connectivity index (χ1n) is 11.3. The smallest absolute Gasteiger partial charge is 0.422 e. The SMILES string of the molecule is OB(ON(c1ccccc1)c1ccc(-c2ccccc2)cc1)c1ccc(-c2ccccc2)cc1. The van der Waals surface area contributed by atoms with Gasteiger partial charge in [0.25, 0.3) is 0 Å². The Bertz CT molecular complexity index is 1310.